The Balaban J connectivity index is 2.84. The zero-order valence-corrected chi connectivity index (χ0v) is 9.08. The van der Waals surface area contributed by atoms with Crippen LogP contribution in [0.1, 0.15) is 20.8 Å². The Labute approximate surface area is 80.8 Å². The molecule has 1 aliphatic heterocycles. The van der Waals surface area contributed by atoms with Gasteiger partial charge in [0.25, 0.3) is 0 Å². The Bertz CT molecular complexity index is 241. The van der Waals surface area contributed by atoms with Crippen molar-refractivity contribution in [1.82, 2.24) is 5.01 Å². The van der Waals surface area contributed by atoms with Crippen molar-refractivity contribution >= 4 is 28.5 Å². The van der Waals surface area contributed by atoms with E-state index < -0.39 is 0 Å². The second-order valence-corrected chi connectivity index (χ2v) is 4.55. The van der Waals surface area contributed by atoms with Gasteiger partial charge in [-0.3, -0.25) is 5.01 Å². The standard InChI is InChI=1S/C8H11IN2/c1-8(2,3)11-5-4-7(9)6-10-11/h4-5H,1-3H3. The first-order valence-corrected chi connectivity index (χ1v) is 4.55. The lowest BCUT2D eigenvalue weighted by Gasteiger charge is -2.29. The normalized spacial score (nSPS) is 17.1. The minimum Gasteiger partial charge on any atom is -0.259 e. The van der Waals surface area contributed by atoms with E-state index in [1.807, 2.05) is 17.3 Å². The molecule has 0 aromatic heterocycles. The number of halogens is 1. The van der Waals surface area contributed by atoms with E-state index >= 15 is 0 Å². The van der Waals surface area contributed by atoms with Crippen LogP contribution in [-0.2, 0) is 0 Å². The number of allylic oxidation sites excluding steroid dienone is 2. The fourth-order valence-corrected chi connectivity index (χ4v) is 0.951. The van der Waals surface area contributed by atoms with Gasteiger partial charge in [-0.2, -0.15) is 0 Å². The van der Waals surface area contributed by atoms with Crippen LogP contribution in [0.5, 0.6) is 0 Å². The summed E-state index contributed by atoms with van der Waals surface area (Å²) in [5, 5.41) is 6.03. The minimum atomic E-state index is 0.0564. The lowest BCUT2D eigenvalue weighted by atomic mass is 10.1. The summed E-state index contributed by atoms with van der Waals surface area (Å²) in [4.78, 5) is 0. The Morgan fingerprint density at radius 1 is 1.55 bits per heavy atom. The molecular weight excluding hydrogens is 251 g/mol. The highest BCUT2D eigenvalue weighted by molar-refractivity contribution is 14.1. The molecule has 1 aliphatic rings. The van der Waals surface area contributed by atoms with E-state index in [1.54, 1.807) is 0 Å². The Morgan fingerprint density at radius 2 is 2.18 bits per heavy atom. The van der Waals surface area contributed by atoms with Crippen LogP contribution in [0.3, 0.4) is 0 Å². The Hall–Kier alpha value is -0.280. The maximum Gasteiger partial charge on any atom is 0.0777 e. The Kier molecular flexibility index (Phi) is 2.40. The molecule has 0 atom stereocenters. The van der Waals surface area contributed by atoms with E-state index in [9.17, 15) is 0 Å². The van der Waals surface area contributed by atoms with E-state index in [-0.39, 0.29) is 5.54 Å². The smallest absolute Gasteiger partial charge is 0.0777 e. The van der Waals surface area contributed by atoms with E-state index in [0.717, 1.165) is 3.58 Å². The molecule has 0 unspecified atom stereocenters. The van der Waals surface area contributed by atoms with E-state index in [0.29, 0.717) is 0 Å². The molecule has 0 fully saturated rings. The first-order chi connectivity index (χ1) is 5.00. The van der Waals surface area contributed by atoms with E-state index in [1.165, 1.54) is 0 Å². The van der Waals surface area contributed by atoms with Gasteiger partial charge < -0.3 is 0 Å². The molecule has 1 heterocycles. The molecule has 0 aromatic rings. The van der Waals surface area contributed by atoms with E-state index in [4.69, 9.17) is 0 Å². The SMILES string of the molecule is CC(C)(C)N1C=CC(I)=C=N1. The van der Waals surface area contributed by atoms with E-state index in [2.05, 4.69) is 54.3 Å². The Morgan fingerprint density at radius 3 is 2.55 bits per heavy atom. The molecule has 0 spiro atoms. The van der Waals surface area contributed by atoms with Gasteiger partial charge in [-0.05, 0) is 49.4 Å². The molecule has 0 aromatic carbocycles. The summed E-state index contributed by atoms with van der Waals surface area (Å²) < 4.78 is 1.04. The average Bonchev–Trinajstić information content (AvgIpc) is 1.86. The highest BCUT2D eigenvalue weighted by Gasteiger charge is 2.17. The molecule has 60 valence electrons. The summed E-state index contributed by atoms with van der Waals surface area (Å²) in [7, 11) is 0. The molecule has 0 amide bonds. The van der Waals surface area contributed by atoms with Crippen LogP contribution in [0.2, 0.25) is 0 Å². The summed E-state index contributed by atoms with van der Waals surface area (Å²) >= 11 is 2.19. The minimum absolute atomic E-state index is 0.0564. The maximum atomic E-state index is 4.13. The van der Waals surface area contributed by atoms with Gasteiger partial charge in [0.15, 0.2) is 0 Å². The van der Waals surface area contributed by atoms with Gasteiger partial charge in [-0.25, -0.2) is 0 Å². The number of rotatable bonds is 0. The highest BCUT2D eigenvalue weighted by atomic mass is 127. The fourth-order valence-electron chi connectivity index (χ4n) is 0.682. The molecule has 0 saturated heterocycles. The largest absolute Gasteiger partial charge is 0.259 e. The predicted molar refractivity (Wildman–Crippen MR) is 55.7 cm³/mol. The molecule has 0 radical (unpaired) electrons. The zero-order chi connectivity index (χ0) is 8.48. The van der Waals surface area contributed by atoms with Gasteiger partial charge in [0.05, 0.1) is 9.12 Å². The third-order valence-electron chi connectivity index (χ3n) is 1.31. The maximum absolute atomic E-state index is 4.13. The molecular formula is C8H11IN2. The third-order valence-corrected chi connectivity index (χ3v) is 1.91. The molecule has 0 N–H and O–H groups in total. The number of nitrogens with zero attached hydrogens (tertiary/aromatic N) is 2. The molecule has 0 saturated carbocycles. The lowest BCUT2D eigenvalue weighted by molar-refractivity contribution is 0.215. The molecule has 11 heavy (non-hydrogen) atoms. The monoisotopic (exact) mass is 262 g/mol. The van der Waals surface area contributed by atoms with Crippen LogP contribution in [0.4, 0.5) is 0 Å². The van der Waals surface area contributed by atoms with Gasteiger partial charge in [-0.1, -0.05) is 0 Å². The first-order valence-electron chi connectivity index (χ1n) is 3.47. The summed E-state index contributed by atoms with van der Waals surface area (Å²) in [6.45, 7) is 6.34. The fraction of sp³-hybridized carbons (Fsp3) is 0.500. The molecule has 0 bridgehead atoms. The zero-order valence-electron chi connectivity index (χ0n) is 6.93. The summed E-state index contributed by atoms with van der Waals surface area (Å²) in [6, 6.07) is 0. The van der Waals surface area contributed by atoms with Crippen molar-refractivity contribution in [2.24, 2.45) is 5.10 Å². The highest BCUT2D eigenvalue weighted by Crippen LogP contribution is 2.17. The van der Waals surface area contributed by atoms with Gasteiger partial charge >= 0.3 is 0 Å². The van der Waals surface area contributed by atoms with Gasteiger partial charge in [0.2, 0.25) is 0 Å². The summed E-state index contributed by atoms with van der Waals surface area (Å²) in [5.74, 6) is 2.91. The van der Waals surface area contributed by atoms with Crippen molar-refractivity contribution in [3.8, 4) is 0 Å². The number of hydrazone groups is 1. The van der Waals surface area contributed by atoms with Gasteiger partial charge in [0.1, 0.15) is 0 Å². The van der Waals surface area contributed by atoms with Gasteiger partial charge in [-0.15, -0.1) is 5.10 Å². The van der Waals surface area contributed by atoms with Crippen molar-refractivity contribution in [2.75, 3.05) is 0 Å². The van der Waals surface area contributed by atoms with Crippen LogP contribution in [0, 0.1) is 0 Å². The first kappa shape index (κ1) is 8.81. The second kappa shape index (κ2) is 2.99. The molecule has 3 heteroatoms. The topological polar surface area (TPSA) is 15.6 Å². The molecule has 0 aliphatic carbocycles. The molecule has 2 nitrogen and oxygen atoms in total. The van der Waals surface area contributed by atoms with Crippen LogP contribution < -0.4 is 0 Å². The van der Waals surface area contributed by atoms with Crippen molar-refractivity contribution in [3.63, 3.8) is 0 Å². The van der Waals surface area contributed by atoms with Crippen molar-refractivity contribution in [1.29, 1.82) is 0 Å². The second-order valence-electron chi connectivity index (χ2n) is 3.39. The van der Waals surface area contributed by atoms with Gasteiger partial charge in [0, 0.05) is 12.1 Å². The van der Waals surface area contributed by atoms with Crippen molar-refractivity contribution < 1.29 is 0 Å². The third kappa shape index (κ3) is 2.34. The van der Waals surface area contributed by atoms with Crippen molar-refractivity contribution in [2.45, 2.75) is 26.3 Å². The van der Waals surface area contributed by atoms with Crippen LogP contribution in [0.25, 0.3) is 0 Å². The summed E-state index contributed by atoms with van der Waals surface area (Å²) in [5.41, 5.74) is 0.0564. The summed E-state index contributed by atoms with van der Waals surface area (Å²) in [6.07, 6.45) is 3.97. The lowest BCUT2D eigenvalue weighted by Crippen LogP contribution is -2.33. The van der Waals surface area contributed by atoms with Crippen molar-refractivity contribution in [3.05, 3.63) is 15.9 Å². The quantitative estimate of drug-likeness (QED) is 0.612. The van der Waals surface area contributed by atoms with Crippen LogP contribution >= 0.6 is 22.6 Å². The average molecular weight is 262 g/mol. The number of hydrogen-bond donors (Lipinski definition) is 0. The number of hydrogen-bond acceptors (Lipinski definition) is 2. The predicted octanol–water partition coefficient (Wildman–Crippen LogP) is 2.52. The van der Waals surface area contributed by atoms with Crippen LogP contribution in [0.15, 0.2) is 21.0 Å². The van der Waals surface area contributed by atoms with Crippen LogP contribution in [-0.4, -0.2) is 16.4 Å². The molecule has 1 rings (SSSR count).